The molecule has 1 fully saturated rings. The van der Waals surface area contributed by atoms with Crippen LogP contribution in [0.2, 0.25) is 0 Å². The van der Waals surface area contributed by atoms with E-state index in [0.29, 0.717) is 30.5 Å². The molecule has 0 amide bonds. The zero-order valence-electron chi connectivity index (χ0n) is 16.2. The first-order valence-electron chi connectivity index (χ1n) is 9.20. The van der Waals surface area contributed by atoms with Gasteiger partial charge >= 0.3 is 5.97 Å². The Labute approximate surface area is 165 Å². The Morgan fingerprint density at radius 3 is 2.54 bits per heavy atom. The second kappa shape index (κ2) is 8.28. The summed E-state index contributed by atoms with van der Waals surface area (Å²) in [6.45, 7) is 6.57. The minimum Gasteiger partial charge on any atom is -0.460 e. The number of nitrogens with zero attached hydrogens (tertiary/aromatic N) is 2. The summed E-state index contributed by atoms with van der Waals surface area (Å²) >= 11 is 0. The van der Waals surface area contributed by atoms with Crippen LogP contribution in [0.5, 0.6) is 0 Å². The Morgan fingerprint density at radius 2 is 1.93 bits per heavy atom. The Bertz CT molecular complexity index is 976. The predicted octanol–water partition coefficient (Wildman–Crippen LogP) is 3.59. The van der Waals surface area contributed by atoms with Gasteiger partial charge in [0, 0.05) is 13.1 Å². The number of carbonyl (C=O) groups is 1. The molecule has 1 aromatic carbocycles. The van der Waals surface area contributed by atoms with Gasteiger partial charge in [0.05, 0.1) is 10.5 Å². The van der Waals surface area contributed by atoms with Crippen LogP contribution in [0.3, 0.4) is 0 Å². The summed E-state index contributed by atoms with van der Waals surface area (Å²) in [7, 11) is -3.56. The smallest absolute Gasteiger partial charge is 0.365 e. The van der Waals surface area contributed by atoms with Crippen molar-refractivity contribution >= 4 is 21.7 Å². The van der Waals surface area contributed by atoms with E-state index in [4.69, 9.17) is 9.25 Å². The number of aryl methyl sites for hydroxylation is 1. The largest absolute Gasteiger partial charge is 0.460 e. The quantitative estimate of drug-likeness (QED) is 0.432. The maximum atomic E-state index is 12.8. The van der Waals surface area contributed by atoms with E-state index < -0.39 is 16.0 Å². The third-order valence-electron chi connectivity index (χ3n) is 4.71. The average molecular weight is 404 g/mol. The molecule has 150 valence electrons. The van der Waals surface area contributed by atoms with Crippen LogP contribution in [0.4, 0.5) is 0 Å². The Hall–Kier alpha value is -2.45. The fourth-order valence-electron chi connectivity index (χ4n) is 3.11. The highest BCUT2D eigenvalue weighted by atomic mass is 32.2. The van der Waals surface area contributed by atoms with E-state index in [1.54, 1.807) is 19.1 Å². The monoisotopic (exact) mass is 404 g/mol. The number of rotatable bonds is 5. The molecule has 0 aliphatic carbocycles. The SMILES string of the molecule is C/C(=N/OC(=O)c1ccc(S(=O)(=O)N2CCC[C@@H](C)C2)cc1)c1ccc(C)o1. The highest BCUT2D eigenvalue weighted by molar-refractivity contribution is 7.89. The molecule has 0 saturated carbocycles. The van der Waals surface area contributed by atoms with E-state index >= 15 is 0 Å². The summed E-state index contributed by atoms with van der Waals surface area (Å²) in [5, 5.41) is 3.78. The van der Waals surface area contributed by atoms with Crippen LogP contribution in [0.15, 0.2) is 50.9 Å². The van der Waals surface area contributed by atoms with E-state index in [2.05, 4.69) is 5.16 Å². The molecule has 1 aliphatic rings. The minimum absolute atomic E-state index is 0.170. The average Bonchev–Trinajstić information content (AvgIpc) is 3.12. The molecule has 0 spiro atoms. The first-order valence-corrected chi connectivity index (χ1v) is 10.6. The summed E-state index contributed by atoms with van der Waals surface area (Å²) in [5.41, 5.74) is 0.651. The highest BCUT2D eigenvalue weighted by Gasteiger charge is 2.28. The number of carbonyl (C=O) groups excluding carboxylic acids is 1. The van der Waals surface area contributed by atoms with Gasteiger partial charge in [-0.3, -0.25) is 0 Å². The molecule has 1 aromatic heterocycles. The second-order valence-corrected chi connectivity index (χ2v) is 9.04. The van der Waals surface area contributed by atoms with Crippen molar-refractivity contribution in [3.8, 4) is 0 Å². The Balaban J connectivity index is 1.69. The number of piperidine rings is 1. The second-order valence-electron chi connectivity index (χ2n) is 7.10. The van der Waals surface area contributed by atoms with Crippen molar-refractivity contribution in [1.82, 2.24) is 4.31 Å². The van der Waals surface area contributed by atoms with Crippen LogP contribution in [0.25, 0.3) is 0 Å². The summed E-state index contributed by atoms with van der Waals surface area (Å²) < 4.78 is 32.4. The van der Waals surface area contributed by atoms with Crippen LogP contribution in [-0.4, -0.2) is 37.5 Å². The van der Waals surface area contributed by atoms with Gasteiger partial charge in [-0.1, -0.05) is 12.1 Å². The molecule has 0 N–H and O–H groups in total. The number of sulfonamides is 1. The third-order valence-corrected chi connectivity index (χ3v) is 6.59. The molecule has 3 rings (SSSR count). The maximum absolute atomic E-state index is 12.8. The topological polar surface area (TPSA) is 89.2 Å². The minimum atomic E-state index is -3.56. The summed E-state index contributed by atoms with van der Waals surface area (Å²) in [4.78, 5) is 17.3. The maximum Gasteiger partial charge on any atom is 0.365 e. The summed E-state index contributed by atoms with van der Waals surface area (Å²) in [5.74, 6) is 0.924. The number of oxime groups is 1. The van der Waals surface area contributed by atoms with Gasteiger partial charge in [0.1, 0.15) is 11.5 Å². The third kappa shape index (κ3) is 4.51. The molecular weight excluding hydrogens is 380 g/mol. The van der Waals surface area contributed by atoms with Gasteiger partial charge in [-0.25, -0.2) is 13.2 Å². The molecule has 7 nitrogen and oxygen atoms in total. The van der Waals surface area contributed by atoms with E-state index in [1.807, 2.05) is 13.8 Å². The van der Waals surface area contributed by atoms with Crippen molar-refractivity contribution < 1.29 is 22.5 Å². The van der Waals surface area contributed by atoms with Crippen molar-refractivity contribution in [1.29, 1.82) is 0 Å². The zero-order valence-corrected chi connectivity index (χ0v) is 17.0. The van der Waals surface area contributed by atoms with E-state index in [1.165, 1.54) is 28.6 Å². The van der Waals surface area contributed by atoms with Gasteiger partial charge in [0.25, 0.3) is 0 Å². The molecule has 28 heavy (non-hydrogen) atoms. The van der Waals surface area contributed by atoms with Crippen molar-refractivity contribution in [3.63, 3.8) is 0 Å². The van der Waals surface area contributed by atoms with E-state index in [9.17, 15) is 13.2 Å². The van der Waals surface area contributed by atoms with E-state index in [0.717, 1.165) is 18.6 Å². The van der Waals surface area contributed by atoms with Crippen molar-refractivity contribution in [2.24, 2.45) is 11.1 Å². The molecular formula is C20H24N2O5S. The lowest BCUT2D eigenvalue weighted by Crippen LogP contribution is -2.39. The van der Waals surface area contributed by atoms with Gasteiger partial charge < -0.3 is 9.25 Å². The standard InChI is InChI=1S/C20H24N2O5S/c1-14-5-4-12-22(13-14)28(24,25)18-9-7-17(8-10-18)20(23)27-21-16(3)19-11-6-15(2)26-19/h6-11,14H,4-5,12-13H2,1-3H3/b21-16-/t14-/m1/s1. The lowest BCUT2D eigenvalue weighted by molar-refractivity contribution is 0.0516. The summed E-state index contributed by atoms with van der Waals surface area (Å²) in [6.07, 6.45) is 1.89. The molecule has 1 saturated heterocycles. The zero-order chi connectivity index (χ0) is 20.3. The lowest BCUT2D eigenvalue weighted by Gasteiger charge is -2.30. The molecule has 1 aliphatic heterocycles. The number of benzene rings is 1. The predicted molar refractivity (Wildman–Crippen MR) is 105 cm³/mol. The van der Waals surface area contributed by atoms with Gasteiger partial charge in [0.15, 0.2) is 5.76 Å². The Morgan fingerprint density at radius 1 is 1.21 bits per heavy atom. The van der Waals surface area contributed by atoms with Gasteiger partial charge in [-0.05, 0) is 69.0 Å². The van der Waals surface area contributed by atoms with Crippen LogP contribution in [0.1, 0.15) is 48.6 Å². The van der Waals surface area contributed by atoms with Gasteiger partial charge in [0.2, 0.25) is 10.0 Å². The molecule has 0 bridgehead atoms. The first kappa shape index (κ1) is 20.3. The molecule has 1 atom stereocenters. The molecule has 2 aromatic rings. The van der Waals surface area contributed by atoms with Crippen LogP contribution in [0, 0.1) is 12.8 Å². The van der Waals surface area contributed by atoms with Crippen molar-refractivity contribution in [3.05, 3.63) is 53.5 Å². The normalized spacial score (nSPS) is 18.8. The van der Waals surface area contributed by atoms with Gasteiger partial charge in [-0.15, -0.1) is 0 Å². The van der Waals surface area contributed by atoms with Crippen LogP contribution >= 0.6 is 0 Å². The van der Waals surface area contributed by atoms with Crippen molar-refractivity contribution in [2.45, 2.75) is 38.5 Å². The Kier molecular flexibility index (Phi) is 6.00. The van der Waals surface area contributed by atoms with Crippen molar-refractivity contribution in [2.75, 3.05) is 13.1 Å². The number of furan rings is 1. The lowest BCUT2D eigenvalue weighted by atomic mass is 10.0. The number of hydrogen-bond acceptors (Lipinski definition) is 6. The fourth-order valence-corrected chi connectivity index (χ4v) is 4.71. The van der Waals surface area contributed by atoms with Gasteiger partial charge in [-0.2, -0.15) is 4.31 Å². The van der Waals surface area contributed by atoms with E-state index in [-0.39, 0.29) is 10.5 Å². The molecule has 8 heteroatoms. The van der Waals surface area contributed by atoms with Crippen LogP contribution in [-0.2, 0) is 14.9 Å². The molecule has 0 radical (unpaired) electrons. The number of hydrogen-bond donors (Lipinski definition) is 0. The molecule has 2 heterocycles. The van der Waals surface area contributed by atoms with Crippen LogP contribution < -0.4 is 0 Å². The molecule has 0 unspecified atom stereocenters. The fraction of sp³-hybridized carbons (Fsp3) is 0.400. The summed E-state index contributed by atoms with van der Waals surface area (Å²) in [6, 6.07) is 9.26. The highest BCUT2D eigenvalue weighted by Crippen LogP contribution is 2.23. The first-order chi connectivity index (χ1) is 13.3.